The van der Waals surface area contributed by atoms with Gasteiger partial charge in [-0.2, -0.15) is 4.98 Å². The number of hydrogen-bond donors (Lipinski definition) is 0. The molecule has 150 valence electrons. The third-order valence-electron chi connectivity index (χ3n) is 5.48. The van der Waals surface area contributed by atoms with Gasteiger partial charge in [-0.05, 0) is 32.8 Å². The summed E-state index contributed by atoms with van der Waals surface area (Å²) >= 11 is 0. The van der Waals surface area contributed by atoms with E-state index < -0.39 is 11.2 Å². The van der Waals surface area contributed by atoms with Crippen LogP contribution in [0.15, 0.2) is 39.9 Å². The van der Waals surface area contributed by atoms with Gasteiger partial charge in [0.15, 0.2) is 11.2 Å². The van der Waals surface area contributed by atoms with Crippen LogP contribution in [-0.4, -0.2) is 28.9 Å². The Bertz CT molecular complexity index is 1370. The number of imidazole rings is 2. The van der Waals surface area contributed by atoms with Crippen LogP contribution in [0.2, 0.25) is 0 Å². The summed E-state index contributed by atoms with van der Waals surface area (Å²) < 4.78 is 6.19. The van der Waals surface area contributed by atoms with Gasteiger partial charge < -0.3 is 4.57 Å². The van der Waals surface area contributed by atoms with Gasteiger partial charge in [0.1, 0.15) is 5.78 Å². The van der Waals surface area contributed by atoms with E-state index in [-0.39, 0.29) is 12.3 Å². The highest BCUT2D eigenvalue weighted by molar-refractivity contribution is 5.78. The fraction of sp³-hybridized carbons (Fsp3) is 0.333. The van der Waals surface area contributed by atoms with E-state index in [1.54, 1.807) is 11.4 Å². The number of aryl methyl sites for hydroxylation is 4. The Morgan fingerprint density at radius 2 is 1.72 bits per heavy atom. The van der Waals surface area contributed by atoms with Crippen LogP contribution < -0.4 is 11.2 Å². The first kappa shape index (κ1) is 18.9. The minimum absolute atomic E-state index is 0.249. The minimum atomic E-state index is -0.538. The molecule has 0 bridgehead atoms. The normalized spacial score (nSPS) is 11.6. The van der Waals surface area contributed by atoms with E-state index in [1.165, 1.54) is 17.1 Å². The van der Waals surface area contributed by atoms with Crippen LogP contribution in [0.4, 0.5) is 0 Å². The van der Waals surface area contributed by atoms with Crippen molar-refractivity contribution in [2.45, 2.75) is 40.3 Å². The first-order valence-electron chi connectivity index (χ1n) is 9.52. The van der Waals surface area contributed by atoms with Crippen LogP contribution >= 0.6 is 0 Å². The first-order chi connectivity index (χ1) is 13.8. The molecule has 0 spiro atoms. The second kappa shape index (κ2) is 6.88. The molecular formula is C21H23N5O3. The van der Waals surface area contributed by atoms with Crippen molar-refractivity contribution >= 4 is 22.7 Å². The Labute approximate surface area is 166 Å². The number of ketones is 1. The maximum Gasteiger partial charge on any atom is 0.332 e. The number of benzene rings is 1. The number of carbonyl (C=O) groups excluding carboxylic acids is 1. The standard InChI is InChI=1S/C21H23N5O3/c1-13(27)12-25-19(28)17-18(23(4)21(25)29)22-20-24(14(2)15(3)26(17)20)11-10-16-8-6-5-7-9-16/h5-9H,10-12H2,1-4H3. The molecule has 0 unspecified atom stereocenters. The van der Waals surface area contributed by atoms with Gasteiger partial charge >= 0.3 is 5.69 Å². The summed E-state index contributed by atoms with van der Waals surface area (Å²) in [5, 5.41) is 0. The Morgan fingerprint density at radius 3 is 2.38 bits per heavy atom. The SMILES string of the molecule is CC(=O)Cn1c(=O)c2c(nc3n(CCc4ccccc4)c(C)c(C)n23)n(C)c1=O. The highest BCUT2D eigenvalue weighted by atomic mass is 16.2. The fourth-order valence-corrected chi connectivity index (χ4v) is 3.83. The van der Waals surface area contributed by atoms with E-state index in [2.05, 4.69) is 21.7 Å². The summed E-state index contributed by atoms with van der Waals surface area (Å²) in [7, 11) is 1.57. The van der Waals surface area contributed by atoms with Crippen LogP contribution in [0.1, 0.15) is 23.9 Å². The predicted octanol–water partition coefficient (Wildman–Crippen LogP) is 1.60. The van der Waals surface area contributed by atoms with Crippen molar-refractivity contribution < 1.29 is 4.79 Å². The first-order valence-corrected chi connectivity index (χ1v) is 9.52. The third kappa shape index (κ3) is 2.91. The summed E-state index contributed by atoms with van der Waals surface area (Å²) in [4.78, 5) is 41.9. The van der Waals surface area contributed by atoms with E-state index >= 15 is 0 Å². The van der Waals surface area contributed by atoms with Crippen LogP contribution in [0, 0.1) is 13.8 Å². The van der Waals surface area contributed by atoms with Gasteiger partial charge in [0.2, 0.25) is 5.78 Å². The topological polar surface area (TPSA) is 83.3 Å². The third-order valence-corrected chi connectivity index (χ3v) is 5.48. The van der Waals surface area contributed by atoms with Crippen molar-refractivity contribution in [2.24, 2.45) is 7.05 Å². The van der Waals surface area contributed by atoms with Gasteiger partial charge in [-0.25, -0.2) is 4.79 Å². The van der Waals surface area contributed by atoms with Gasteiger partial charge in [-0.3, -0.25) is 23.1 Å². The van der Waals surface area contributed by atoms with E-state index in [0.29, 0.717) is 23.5 Å². The molecule has 0 saturated heterocycles. The molecule has 4 rings (SSSR count). The molecule has 8 nitrogen and oxygen atoms in total. The molecule has 3 heterocycles. The molecule has 0 aliphatic heterocycles. The quantitative estimate of drug-likeness (QED) is 0.516. The number of fused-ring (bicyclic) bond motifs is 3. The number of aromatic nitrogens is 5. The lowest BCUT2D eigenvalue weighted by Crippen LogP contribution is -2.40. The summed E-state index contributed by atoms with van der Waals surface area (Å²) in [6.07, 6.45) is 0.822. The molecule has 29 heavy (non-hydrogen) atoms. The fourth-order valence-electron chi connectivity index (χ4n) is 3.83. The maximum absolute atomic E-state index is 13.1. The number of carbonyl (C=O) groups is 1. The van der Waals surface area contributed by atoms with E-state index in [1.807, 2.05) is 32.0 Å². The Balaban J connectivity index is 1.96. The summed E-state index contributed by atoms with van der Waals surface area (Å²) in [5.41, 5.74) is 2.73. The molecule has 0 amide bonds. The summed E-state index contributed by atoms with van der Waals surface area (Å²) in [6.45, 7) is 5.74. The highest BCUT2D eigenvalue weighted by Gasteiger charge is 2.22. The molecule has 3 aromatic heterocycles. The van der Waals surface area contributed by atoms with Gasteiger partial charge in [-0.15, -0.1) is 0 Å². The molecule has 0 saturated carbocycles. The minimum Gasteiger partial charge on any atom is -0.314 e. The average molecular weight is 393 g/mol. The van der Waals surface area contributed by atoms with Crippen LogP contribution in [0.25, 0.3) is 16.9 Å². The Kier molecular flexibility index (Phi) is 4.49. The highest BCUT2D eigenvalue weighted by Crippen LogP contribution is 2.21. The van der Waals surface area contributed by atoms with Crippen LogP contribution in [-0.2, 0) is 31.4 Å². The molecule has 0 aliphatic carbocycles. The molecule has 4 aromatic rings. The molecule has 8 heteroatoms. The van der Waals surface area contributed by atoms with Gasteiger partial charge in [0.25, 0.3) is 5.56 Å². The van der Waals surface area contributed by atoms with Crippen molar-refractivity contribution in [3.63, 3.8) is 0 Å². The zero-order valence-corrected chi connectivity index (χ0v) is 17.0. The predicted molar refractivity (Wildman–Crippen MR) is 110 cm³/mol. The molecule has 1 aromatic carbocycles. The molecular weight excluding hydrogens is 370 g/mol. The van der Waals surface area contributed by atoms with E-state index in [9.17, 15) is 14.4 Å². The Morgan fingerprint density at radius 1 is 1.03 bits per heavy atom. The lowest BCUT2D eigenvalue weighted by Gasteiger charge is -2.07. The molecule has 0 radical (unpaired) electrons. The Hall–Kier alpha value is -3.42. The lowest BCUT2D eigenvalue weighted by molar-refractivity contribution is -0.117. The number of nitrogens with zero attached hydrogens (tertiary/aromatic N) is 5. The maximum atomic E-state index is 13.1. The van der Waals surface area contributed by atoms with Gasteiger partial charge in [0.05, 0.1) is 6.54 Å². The van der Waals surface area contributed by atoms with Crippen molar-refractivity contribution in [2.75, 3.05) is 0 Å². The second-order valence-electron chi connectivity index (χ2n) is 7.41. The van der Waals surface area contributed by atoms with Gasteiger partial charge in [-0.1, -0.05) is 30.3 Å². The number of hydrogen-bond acceptors (Lipinski definition) is 4. The van der Waals surface area contributed by atoms with E-state index in [0.717, 1.165) is 22.4 Å². The van der Waals surface area contributed by atoms with Crippen molar-refractivity contribution in [1.29, 1.82) is 0 Å². The van der Waals surface area contributed by atoms with Gasteiger partial charge in [0, 0.05) is 25.0 Å². The molecule has 0 aliphatic rings. The van der Waals surface area contributed by atoms with E-state index in [4.69, 9.17) is 0 Å². The lowest BCUT2D eigenvalue weighted by atomic mass is 10.1. The monoisotopic (exact) mass is 393 g/mol. The average Bonchev–Trinajstić information content (AvgIpc) is 3.19. The molecule has 0 N–H and O–H groups in total. The summed E-state index contributed by atoms with van der Waals surface area (Å²) in [6, 6.07) is 10.2. The van der Waals surface area contributed by atoms with Crippen molar-refractivity contribution in [3.8, 4) is 0 Å². The summed E-state index contributed by atoms with van der Waals surface area (Å²) in [5.74, 6) is 0.372. The zero-order chi connectivity index (χ0) is 20.9. The number of rotatable bonds is 5. The smallest absolute Gasteiger partial charge is 0.314 e. The van der Waals surface area contributed by atoms with Crippen LogP contribution in [0.3, 0.4) is 0 Å². The molecule has 0 fully saturated rings. The van der Waals surface area contributed by atoms with Crippen molar-refractivity contribution in [1.82, 2.24) is 23.1 Å². The number of Topliss-reactive ketones (excluding diaryl/α,β-unsaturated/α-hetero) is 1. The zero-order valence-electron chi connectivity index (χ0n) is 17.0. The molecule has 0 atom stereocenters. The van der Waals surface area contributed by atoms with Crippen molar-refractivity contribution in [3.05, 3.63) is 68.1 Å². The van der Waals surface area contributed by atoms with Crippen LogP contribution in [0.5, 0.6) is 0 Å². The largest absolute Gasteiger partial charge is 0.332 e. The second-order valence-corrected chi connectivity index (χ2v) is 7.41.